The van der Waals surface area contributed by atoms with Crippen molar-refractivity contribution in [3.63, 3.8) is 0 Å². The van der Waals surface area contributed by atoms with Gasteiger partial charge < -0.3 is 5.73 Å². The van der Waals surface area contributed by atoms with Crippen LogP contribution in [0.3, 0.4) is 0 Å². The van der Waals surface area contributed by atoms with E-state index in [2.05, 4.69) is 0 Å². The van der Waals surface area contributed by atoms with Gasteiger partial charge in [-0.3, -0.25) is 0 Å². The highest BCUT2D eigenvalue weighted by Gasteiger charge is 2.29. The van der Waals surface area contributed by atoms with E-state index >= 15 is 0 Å². The predicted octanol–water partition coefficient (Wildman–Crippen LogP) is 2.70. The molecule has 21 heavy (non-hydrogen) atoms. The number of nitrogens with two attached hydrogens (primary N) is 1. The number of benzene rings is 1. The van der Waals surface area contributed by atoms with Crippen LogP contribution in [0.25, 0.3) is 0 Å². The fourth-order valence-electron chi connectivity index (χ4n) is 1.82. The second-order valence-electron chi connectivity index (χ2n) is 4.73. The average molecular weight is 355 g/mol. The van der Waals surface area contributed by atoms with E-state index in [1.165, 1.54) is 17.4 Å². The predicted molar refractivity (Wildman–Crippen MR) is 86.7 cm³/mol. The third-order valence-corrected chi connectivity index (χ3v) is 6.15. The molecule has 1 aromatic rings. The zero-order valence-electron chi connectivity index (χ0n) is 12.3. The summed E-state index contributed by atoms with van der Waals surface area (Å²) in [6, 6.07) is 2.23. The Morgan fingerprint density at radius 2 is 2.10 bits per heavy atom. The molecule has 8 heteroatoms. The summed E-state index contributed by atoms with van der Waals surface area (Å²) in [4.78, 5) is -0.422. The first-order chi connectivity index (χ1) is 9.75. The third-order valence-electron chi connectivity index (χ3n) is 3.32. The van der Waals surface area contributed by atoms with Crippen LogP contribution in [0.15, 0.2) is 17.0 Å². The van der Waals surface area contributed by atoms with Crippen LogP contribution in [0.2, 0.25) is 5.02 Å². The summed E-state index contributed by atoms with van der Waals surface area (Å²) in [5.74, 6) is -0.00145. The standard InChI is InChI=1S/C13H20ClFN2O2S2/c1-9(4-5-20-3)17(2)21(18,19)12-7-11(14)6-10(8-16)13(12)15/h6-7,9H,4-5,8,16H2,1-3H3. The van der Waals surface area contributed by atoms with Crippen LogP contribution >= 0.6 is 23.4 Å². The van der Waals surface area contributed by atoms with Crippen LogP contribution in [-0.2, 0) is 16.6 Å². The molecule has 0 aliphatic rings. The van der Waals surface area contributed by atoms with Gasteiger partial charge in [0, 0.05) is 30.2 Å². The number of hydrogen-bond acceptors (Lipinski definition) is 4. The van der Waals surface area contributed by atoms with Crippen LogP contribution < -0.4 is 5.73 Å². The quantitative estimate of drug-likeness (QED) is 0.817. The van der Waals surface area contributed by atoms with E-state index in [0.717, 1.165) is 11.8 Å². The molecule has 0 radical (unpaired) electrons. The zero-order valence-corrected chi connectivity index (χ0v) is 14.7. The first kappa shape index (κ1) is 18.7. The number of hydrogen-bond donors (Lipinski definition) is 1. The first-order valence-corrected chi connectivity index (χ1v) is 9.61. The van der Waals surface area contributed by atoms with Crippen LogP contribution in [0, 0.1) is 5.82 Å². The van der Waals surface area contributed by atoms with Gasteiger partial charge in [-0.2, -0.15) is 16.1 Å². The molecule has 0 aliphatic carbocycles. The summed E-state index contributed by atoms with van der Waals surface area (Å²) < 4.78 is 40.6. The lowest BCUT2D eigenvalue weighted by molar-refractivity contribution is 0.379. The smallest absolute Gasteiger partial charge is 0.246 e. The molecule has 0 spiro atoms. The van der Waals surface area contributed by atoms with Gasteiger partial charge in [0.05, 0.1) is 0 Å². The average Bonchev–Trinajstić information content (AvgIpc) is 2.45. The summed E-state index contributed by atoms with van der Waals surface area (Å²) in [5, 5.41) is 0.153. The topological polar surface area (TPSA) is 63.4 Å². The van der Waals surface area contributed by atoms with E-state index in [1.54, 1.807) is 18.7 Å². The molecule has 1 rings (SSSR count). The van der Waals surface area contributed by atoms with Crippen molar-refractivity contribution in [3.05, 3.63) is 28.5 Å². The largest absolute Gasteiger partial charge is 0.326 e. The van der Waals surface area contributed by atoms with Crippen molar-refractivity contribution >= 4 is 33.4 Å². The molecule has 1 unspecified atom stereocenters. The van der Waals surface area contributed by atoms with Crippen molar-refractivity contribution in [2.45, 2.75) is 30.8 Å². The Labute approximate surface area is 134 Å². The van der Waals surface area contributed by atoms with E-state index in [0.29, 0.717) is 6.42 Å². The van der Waals surface area contributed by atoms with Crippen molar-refractivity contribution in [2.75, 3.05) is 19.1 Å². The van der Waals surface area contributed by atoms with Crippen molar-refractivity contribution in [1.82, 2.24) is 4.31 Å². The van der Waals surface area contributed by atoms with E-state index in [1.807, 2.05) is 6.26 Å². The maximum absolute atomic E-state index is 14.3. The molecule has 0 aliphatic heterocycles. The van der Waals surface area contributed by atoms with Crippen LogP contribution in [0.4, 0.5) is 4.39 Å². The second kappa shape index (κ2) is 7.78. The van der Waals surface area contributed by atoms with Gasteiger partial charge in [-0.05, 0) is 37.5 Å². The van der Waals surface area contributed by atoms with E-state index in [-0.39, 0.29) is 23.2 Å². The Kier molecular flexibility index (Phi) is 6.93. The Balaban J connectivity index is 3.21. The molecule has 0 heterocycles. The highest BCUT2D eigenvalue weighted by atomic mass is 35.5. The summed E-state index contributed by atoms with van der Waals surface area (Å²) in [5.41, 5.74) is 5.51. The van der Waals surface area contributed by atoms with Gasteiger partial charge in [0.15, 0.2) is 0 Å². The zero-order chi connectivity index (χ0) is 16.2. The Morgan fingerprint density at radius 1 is 1.48 bits per heavy atom. The molecule has 1 aromatic carbocycles. The van der Waals surface area contributed by atoms with E-state index in [9.17, 15) is 12.8 Å². The third kappa shape index (κ3) is 4.32. The molecule has 1 atom stereocenters. The molecule has 2 N–H and O–H groups in total. The molecule has 0 amide bonds. The highest BCUT2D eigenvalue weighted by Crippen LogP contribution is 2.27. The van der Waals surface area contributed by atoms with Crippen molar-refractivity contribution in [1.29, 1.82) is 0 Å². The molecular weight excluding hydrogens is 335 g/mol. The Bertz CT molecular complexity index is 596. The van der Waals surface area contributed by atoms with Gasteiger partial charge in [-0.1, -0.05) is 11.6 Å². The molecule has 0 saturated carbocycles. The Hall–Kier alpha value is -0.340. The van der Waals surface area contributed by atoms with E-state index < -0.39 is 20.7 Å². The number of nitrogens with zero attached hydrogens (tertiary/aromatic N) is 1. The number of thioether (sulfide) groups is 1. The van der Waals surface area contributed by atoms with Crippen LogP contribution in [-0.4, -0.2) is 37.8 Å². The lowest BCUT2D eigenvalue weighted by atomic mass is 10.2. The van der Waals surface area contributed by atoms with Crippen molar-refractivity contribution in [3.8, 4) is 0 Å². The lowest BCUT2D eigenvalue weighted by Gasteiger charge is -2.24. The Morgan fingerprint density at radius 3 is 2.62 bits per heavy atom. The van der Waals surface area contributed by atoms with Crippen molar-refractivity contribution < 1.29 is 12.8 Å². The molecule has 0 saturated heterocycles. The van der Waals surface area contributed by atoms with Crippen LogP contribution in [0.5, 0.6) is 0 Å². The van der Waals surface area contributed by atoms with Crippen molar-refractivity contribution in [2.24, 2.45) is 5.73 Å². The van der Waals surface area contributed by atoms with Gasteiger partial charge in [-0.15, -0.1) is 0 Å². The van der Waals surface area contributed by atoms with Crippen LogP contribution in [0.1, 0.15) is 18.9 Å². The van der Waals surface area contributed by atoms with E-state index in [4.69, 9.17) is 17.3 Å². The highest BCUT2D eigenvalue weighted by molar-refractivity contribution is 7.98. The maximum atomic E-state index is 14.3. The molecule has 0 fully saturated rings. The lowest BCUT2D eigenvalue weighted by Crippen LogP contribution is -2.36. The summed E-state index contributed by atoms with van der Waals surface area (Å²) in [7, 11) is -2.50. The fraction of sp³-hybridized carbons (Fsp3) is 0.538. The maximum Gasteiger partial charge on any atom is 0.246 e. The SMILES string of the molecule is CSCCC(C)N(C)S(=O)(=O)c1cc(Cl)cc(CN)c1F. The first-order valence-electron chi connectivity index (χ1n) is 6.40. The molecule has 0 aromatic heterocycles. The molecule has 0 bridgehead atoms. The molecule has 120 valence electrons. The van der Waals surface area contributed by atoms with Gasteiger partial charge in [0.25, 0.3) is 0 Å². The minimum atomic E-state index is -3.95. The summed E-state index contributed by atoms with van der Waals surface area (Å²) >= 11 is 7.50. The molecule has 4 nitrogen and oxygen atoms in total. The number of sulfonamides is 1. The monoisotopic (exact) mass is 354 g/mol. The van der Waals surface area contributed by atoms with Gasteiger partial charge in [-0.25, -0.2) is 12.8 Å². The summed E-state index contributed by atoms with van der Waals surface area (Å²) in [6.45, 7) is 1.68. The van der Waals surface area contributed by atoms with Gasteiger partial charge >= 0.3 is 0 Å². The fourth-order valence-corrected chi connectivity index (χ4v) is 4.22. The molecular formula is C13H20ClFN2O2S2. The number of halogens is 2. The number of rotatable bonds is 7. The second-order valence-corrected chi connectivity index (χ2v) is 8.12. The normalized spacial score (nSPS) is 13.7. The van der Waals surface area contributed by atoms with Gasteiger partial charge in [0.2, 0.25) is 10.0 Å². The summed E-state index contributed by atoms with van der Waals surface area (Å²) in [6.07, 6.45) is 2.63. The minimum absolute atomic E-state index is 0.0891. The minimum Gasteiger partial charge on any atom is -0.326 e. The van der Waals surface area contributed by atoms with Gasteiger partial charge in [0.1, 0.15) is 10.7 Å².